The van der Waals surface area contributed by atoms with Crippen LogP contribution in [0.3, 0.4) is 0 Å². The summed E-state index contributed by atoms with van der Waals surface area (Å²) in [5.74, 6) is -0.268. The van der Waals surface area contributed by atoms with Crippen LogP contribution in [0.15, 0.2) is 10.8 Å². The lowest BCUT2D eigenvalue weighted by atomic mass is 10.4. The molecule has 1 unspecified atom stereocenters. The summed E-state index contributed by atoms with van der Waals surface area (Å²) in [5, 5.41) is -0.932. The van der Waals surface area contributed by atoms with Crippen molar-refractivity contribution in [2.24, 2.45) is 0 Å². The third-order valence-corrected chi connectivity index (χ3v) is 4.93. The van der Waals surface area contributed by atoms with Crippen molar-refractivity contribution in [3.8, 4) is 0 Å². The van der Waals surface area contributed by atoms with Gasteiger partial charge < -0.3 is 0 Å². The van der Waals surface area contributed by atoms with E-state index < -0.39 is 20.2 Å². The van der Waals surface area contributed by atoms with Crippen LogP contribution >= 0.6 is 38.2 Å². The Labute approximate surface area is 121 Å². The van der Waals surface area contributed by atoms with Gasteiger partial charge in [0, 0.05) is 23.6 Å². The number of rotatable bonds is 2. The van der Waals surface area contributed by atoms with E-state index in [1.165, 1.54) is 11.1 Å². The number of amides is 1. The fourth-order valence-corrected chi connectivity index (χ4v) is 3.24. The van der Waals surface area contributed by atoms with E-state index in [1.54, 1.807) is 0 Å². The molecule has 1 aliphatic heterocycles. The van der Waals surface area contributed by atoms with Gasteiger partial charge in [-0.15, -0.1) is 0 Å². The van der Waals surface area contributed by atoms with Crippen LogP contribution in [0.25, 0.3) is 0 Å². The lowest BCUT2D eigenvalue weighted by Gasteiger charge is -2.15. The Kier molecular flexibility index (Phi) is 3.82. The molecule has 0 radical (unpaired) electrons. The van der Waals surface area contributed by atoms with E-state index in [2.05, 4.69) is 25.9 Å². The SMILES string of the molecule is O=C1CC(S(=O)(=O)Cl)CN1c1ncc(Br)nc1Cl. The molecular formula is C8H6BrCl2N3O3S. The Balaban J connectivity index is 2.33. The smallest absolute Gasteiger partial charge is 0.237 e. The molecule has 0 bridgehead atoms. The normalized spacial score (nSPS) is 20.5. The molecule has 10 heteroatoms. The highest BCUT2D eigenvalue weighted by Crippen LogP contribution is 2.29. The molecule has 1 aromatic heterocycles. The average Bonchev–Trinajstić information content (AvgIpc) is 2.60. The molecule has 1 fully saturated rings. The first-order valence-electron chi connectivity index (χ1n) is 4.71. The number of carbonyl (C=O) groups is 1. The molecular weight excluding hydrogens is 369 g/mol. The van der Waals surface area contributed by atoms with Crippen molar-refractivity contribution < 1.29 is 13.2 Å². The fraction of sp³-hybridized carbons (Fsp3) is 0.375. The maximum atomic E-state index is 11.7. The topological polar surface area (TPSA) is 80.2 Å². The van der Waals surface area contributed by atoms with Crippen LogP contribution in [-0.4, -0.2) is 36.1 Å². The molecule has 1 aliphatic rings. The van der Waals surface area contributed by atoms with Crippen molar-refractivity contribution in [1.82, 2.24) is 9.97 Å². The quantitative estimate of drug-likeness (QED) is 0.734. The number of nitrogens with zero attached hydrogens (tertiary/aromatic N) is 3. The molecule has 6 nitrogen and oxygen atoms in total. The zero-order valence-electron chi connectivity index (χ0n) is 8.68. The molecule has 0 spiro atoms. The lowest BCUT2D eigenvalue weighted by Crippen LogP contribution is -2.28. The summed E-state index contributed by atoms with van der Waals surface area (Å²) in [6.07, 6.45) is 1.19. The summed E-state index contributed by atoms with van der Waals surface area (Å²) < 4.78 is 22.8. The summed E-state index contributed by atoms with van der Waals surface area (Å²) in [6.45, 7) is -0.0688. The highest BCUT2D eigenvalue weighted by molar-refractivity contribution is 9.10. The number of anilines is 1. The second-order valence-electron chi connectivity index (χ2n) is 3.61. The lowest BCUT2D eigenvalue weighted by molar-refractivity contribution is -0.117. The average molecular weight is 375 g/mol. The Morgan fingerprint density at radius 3 is 2.67 bits per heavy atom. The van der Waals surface area contributed by atoms with Crippen molar-refractivity contribution in [1.29, 1.82) is 0 Å². The standard InChI is InChI=1S/C8H6BrCl2N3O3S/c9-5-2-12-8(7(10)13-5)14-3-4(1-6(14)15)18(11,16)17/h2,4H,1,3H2. The molecule has 18 heavy (non-hydrogen) atoms. The molecule has 1 amide bonds. The summed E-state index contributed by atoms with van der Waals surface area (Å²) in [4.78, 5) is 20.7. The highest BCUT2D eigenvalue weighted by atomic mass is 79.9. The van der Waals surface area contributed by atoms with Crippen LogP contribution in [-0.2, 0) is 13.8 Å². The third-order valence-electron chi connectivity index (χ3n) is 2.43. The van der Waals surface area contributed by atoms with Gasteiger partial charge >= 0.3 is 0 Å². The van der Waals surface area contributed by atoms with Crippen LogP contribution in [0.2, 0.25) is 5.15 Å². The van der Waals surface area contributed by atoms with Gasteiger partial charge in [-0.05, 0) is 15.9 Å². The molecule has 2 heterocycles. The molecule has 0 saturated carbocycles. The zero-order chi connectivity index (χ0) is 13.5. The monoisotopic (exact) mass is 373 g/mol. The molecule has 1 atom stereocenters. The number of halogens is 3. The summed E-state index contributed by atoms with van der Waals surface area (Å²) >= 11 is 8.94. The van der Waals surface area contributed by atoms with Crippen LogP contribution in [0.1, 0.15) is 6.42 Å². The molecule has 2 rings (SSSR count). The van der Waals surface area contributed by atoms with Crippen LogP contribution < -0.4 is 4.90 Å². The summed E-state index contributed by atoms with van der Waals surface area (Å²) in [5.41, 5.74) is 0. The minimum absolute atomic E-state index is 0.0188. The van der Waals surface area contributed by atoms with Crippen molar-refractivity contribution in [3.05, 3.63) is 16.0 Å². The Bertz CT molecular complexity index is 610. The van der Waals surface area contributed by atoms with Gasteiger partial charge in [0.15, 0.2) is 11.0 Å². The Hall–Kier alpha value is -0.440. The van der Waals surface area contributed by atoms with E-state index >= 15 is 0 Å². The van der Waals surface area contributed by atoms with Gasteiger partial charge in [-0.3, -0.25) is 9.69 Å². The second-order valence-corrected chi connectivity index (χ2v) is 7.69. The predicted octanol–water partition coefficient (Wildman–Crippen LogP) is 1.57. The van der Waals surface area contributed by atoms with E-state index in [9.17, 15) is 13.2 Å². The largest absolute Gasteiger partial charge is 0.293 e. The first-order valence-corrected chi connectivity index (χ1v) is 8.25. The van der Waals surface area contributed by atoms with E-state index in [1.807, 2.05) is 0 Å². The van der Waals surface area contributed by atoms with Gasteiger partial charge in [-0.1, -0.05) is 11.6 Å². The molecule has 0 N–H and O–H groups in total. The summed E-state index contributed by atoms with van der Waals surface area (Å²) in [6, 6.07) is 0. The van der Waals surface area contributed by atoms with Crippen LogP contribution in [0.4, 0.5) is 5.82 Å². The predicted molar refractivity (Wildman–Crippen MR) is 70.3 cm³/mol. The highest BCUT2D eigenvalue weighted by Gasteiger charge is 2.39. The summed E-state index contributed by atoms with van der Waals surface area (Å²) in [7, 11) is 1.45. The molecule has 0 aliphatic carbocycles. The maximum Gasteiger partial charge on any atom is 0.237 e. The minimum atomic E-state index is -3.79. The van der Waals surface area contributed by atoms with E-state index in [4.69, 9.17) is 22.3 Å². The van der Waals surface area contributed by atoms with E-state index in [0.29, 0.717) is 4.60 Å². The van der Waals surface area contributed by atoms with Gasteiger partial charge in [-0.2, -0.15) is 0 Å². The van der Waals surface area contributed by atoms with Gasteiger partial charge in [0.05, 0.1) is 6.20 Å². The first-order chi connectivity index (χ1) is 8.29. The van der Waals surface area contributed by atoms with Crippen molar-refractivity contribution in [3.63, 3.8) is 0 Å². The van der Waals surface area contributed by atoms with E-state index in [0.717, 1.165) is 0 Å². The fourth-order valence-electron chi connectivity index (χ4n) is 1.59. The molecule has 1 saturated heterocycles. The van der Waals surface area contributed by atoms with Crippen molar-refractivity contribution in [2.75, 3.05) is 11.4 Å². The second kappa shape index (κ2) is 4.92. The van der Waals surface area contributed by atoms with Crippen LogP contribution in [0, 0.1) is 0 Å². The number of carbonyl (C=O) groups excluding carboxylic acids is 1. The van der Waals surface area contributed by atoms with E-state index in [-0.39, 0.29) is 23.9 Å². The number of aromatic nitrogens is 2. The number of hydrogen-bond donors (Lipinski definition) is 0. The van der Waals surface area contributed by atoms with Crippen molar-refractivity contribution >= 4 is 59.0 Å². The zero-order valence-corrected chi connectivity index (χ0v) is 12.6. The Morgan fingerprint density at radius 1 is 1.50 bits per heavy atom. The first kappa shape index (κ1) is 14.0. The minimum Gasteiger partial charge on any atom is -0.293 e. The molecule has 1 aromatic rings. The maximum absolute atomic E-state index is 11.7. The number of hydrogen-bond acceptors (Lipinski definition) is 5. The van der Waals surface area contributed by atoms with Gasteiger partial charge in [0.1, 0.15) is 9.85 Å². The third kappa shape index (κ3) is 2.76. The van der Waals surface area contributed by atoms with Gasteiger partial charge in [-0.25, -0.2) is 18.4 Å². The van der Waals surface area contributed by atoms with Gasteiger partial charge in [0.25, 0.3) is 0 Å². The Morgan fingerprint density at radius 2 is 2.17 bits per heavy atom. The molecule has 0 aromatic carbocycles. The van der Waals surface area contributed by atoms with Crippen molar-refractivity contribution in [2.45, 2.75) is 11.7 Å². The molecule has 98 valence electrons. The van der Waals surface area contributed by atoms with Gasteiger partial charge in [0.2, 0.25) is 15.0 Å². The van der Waals surface area contributed by atoms with Crippen LogP contribution in [0.5, 0.6) is 0 Å².